The molecule has 1 unspecified atom stereocenters. The Bertz CT molecular complexity index is 1040. The molecule has 2 amide bonds. The molecule has 0 aliphatic heterocycles. The third-order valence-corrected chi connectivity index (χ3v) is 5.90. The van der Waals surface area contributed by atoms with Gasteiger partial charge in [0.25, 0.3) is 0 Å². The molecule has 3 rings (SSSR count). The molecule has 2 N–H and O–H groups in total. The highest BCUT2D eigenvalue weighted by Gasteiger charge is 2.31. The molecule has 0 heterocycles. The highest BCUT2D eigenvalue weighted by atomic mass is 16.5. The summed E-state index contributed by atoms with van der Waals surface area (Å²) >= 11 is 0. The van der Waals surface area contributed by atoms with Crippen molar-refractivity contribution in [2.75, 3.05) is 26.3 Å². The maximum Gasteiger partial charge on any atom is 0.407 e. The van der Waals surface area contributed by atoms with Crippen LogP contribution in [0.5, 0.6) is 0 Å². The van der Waals surface area contributed by atoms with E-state index in [1.165, 1.54) is 4.90 Å². The summed E-state index contributed by atoms with van der Waals surface area (Å²) in [7, 11) is 0. The van der Waals surface area contributed by atoms with Gasteiger partial charge in [-0.25, -0.2) is 4.79 Å². The smallest absolute Gasteiger partial charge is 0.407 e. The van der Waals surface area contributed by atoms with Crippen LogP contribution >= 0.6 is 0 Å². The molecule has 0 fully saturated rings. The van der Waals surface area contributed by atoms with Crippen LogP contribution in [0.3, 0.4) is 0 Å². The van der Waals surface area contributed by atoms with Gasteiger partial charge in [-0.3, -0.25) is 14.4 Å². The van der Waals surface area contributed by atoms with Gasteiger partial charge in [-0.05, 0) is 42.5 Å². The van der Waals surface area contributed by atoms with Crippen LogP contribution in [0.15, 0.2) is 48.5 Å². The Hall–Kier alpha value is -3.88. The van der Waals surface area contributed by atoms with Gasteiger partial charge in [0, 0.05) is 18.9 Å². The first-order chi connectivity index (χ1) is 16.8. The van der Waals surface area contributed by atoms with E-state index >= 15 is 0 Å². The van der Waals surface area contributed by atoms with Crippen LogP contribution < -0.4 is 5.32 Å². The molecular formula is C26H30N2O7. The predicted octanol–water partition coefficient (Wildman–Crippen LogP) is 3.17. The van der Waals surface area contributed by atoms with Crippen molar-refractivity contribution < 1.29 is 33.8 Å². The third-order valence-electron chi connectivity index (χ3n) is 5.90. The number of carbonyl (C=O) groups is 4. The van der Waals surface area contributed by atoms with Gasteiger partial charge in [0.15, 0.2) is 0 Å². The van der Waals surface area contributed by atoms with Crippen molar-refractivity contribution in [1.82, 2.24) is 10.2 Å². The largest absolute Gasteiger partial charge is 0.481 e. The first kappa shape index (κ1) is 25.7. The molecule has 0 spiro atoms. The molecule has 9 nitrogen and oxygen atoms in total. The zero-order chi connectivity index (χ0) is 25.4. The van der Waals surface area contributed by atoms with E-state index in [0.29, 0.717) is 0 Å². The summed E-state index contributed by atoms with van der Waals surface area (Å²) in [4.78, 5) is 49.9. The van der Waals surface area contributed by atoms with Gasteiger partial charge in [-0.15, -0.1) is 0 Å². The Morgan fingerprint density at radius 1 is 0.971 bits per heavy atom. The number of amides is 2. The quantitative estimate of drug-likeness (QED) is 0.472. The molecule has 186 valence electrons. The summed E-state index contributed by atoms with van der Waals surface area (Å²) < 4.78 is 10.4. The van der Waals surface area contributed by atoms with Crippen LogP contribution in [-0.2, 0) is 23.9 Å². The van der Waals surface area contributed by atoms with Gasteiger partial charge >= 0.3 is 18.0 Å². The fourth-order valence-electron chi connectivity index (χ4n) is 4.24. The molecular weight excluding hydrogens is 452 g/mol. The summed E-state index contributed by atoms with van der Waals surface area (Å²) in [6.07, 6.45) is -1.31. The summed E-state index contributed by atoms with van der Waals surface area (Å²) in [6.45, 7) is 3.46. The van der Waals surface area contributed by atoms with Gasteiger partial charge in [0.2, 0.25) is 5.91 Å². The molecule has 1 aliphatic rings. The molecule has 2 aromatic rings. The number of hydrogen-bond acceptors (Lipinski definition) is 6. The molecule has 0 radical (unpaired) electrons. The lowest BCUT2D eigenvalue weighted by Gasteiger charge is -2.26. The summed E-state index contributed by atoms with van der Waals surface area (Å²) in [5.74, 6) is -2.42. The maximum atomic E-state index is 13.0. The number of carboxylic acids is 1. The lowest BCUT2D eigenvalue weighted by molar-refractivity contribution is -0.149. The SMILES string of the molecule is CCOC(=O)CN(CC)C(=O)C(CCC(=O)O)NC(=O)OCC1c2ccccc2-c2ccccc21. The minimum Gasteiger partial charge on any atom is -0.481 e. The first-order valence-corrected chi connectivity index (χ1v) is 11.6. The summed E-state index contributed by atoms with van der Waals surface area (Å²) in [5.41, 5.74) is 4.27. The minimum atomic E-state index is -1.16. The molecule has 0 saturated carbocycles. The number of ether oxygens (including phenoxy) is 2. The number of benzene rings is 2. The van der Waals surface area contributed by atoms with E-state index in [1.54, 1.807) is 13.8 Å². The predicted molar refractivity (Wildman–Crippen MR) is 128 cm³/mol. The molecule has 9 heteroatoms. The van der Waals surface area contributed by atoms with Crippen LogP contribution in [0, 0.1) is 0 Å². The number of likely N-dealkylation sites (N-methyl/N-ethyl adjacent to an activating group) is 1. The number of rotatable bonds is 11. The van der Waals surface area contributed by atoms with E-state index in [0.717, 1.165) is 22.3 Å². The van der Waals surface area contributed by atoms with E-state index in [2.05, 4.69) is 5.32 Å². The van der Waals surface area contributed by atoms with Crippen molar-refractivity contribution in [2.45, 2.75) is 38.6 Å². The van der Waals surface area contributed by atoms with Crippen LogP contribution in [0.4, 0.5) is 4.79 Å². The Kier molecular flexibility index (Phi) is 8.83. The Labute approximate surface area is 204 Å². The highest BCUT2D eigenvalue weighted by molar-refractivity contribution is 5.89. The number of hydrogen-bond donors (Lipinski definition) is 2. The average Bonchev–Trinajstić information content (AvgIpc) is 3.17. The summed E-state index contributed by atoms with van der Waals surface area (Å²) in [6, 6.07) is 14.7. The highest BCUT2D eigenvalue weighted by Crippen LogP contribution is 2.44. The number of aliphatic carboxylic acids is 1. The van der Waals surface area contributed by atoms with Gasteiger partial charge in [-0.2, -0.15) is 0 Å². The van der Waals surface area contributed by atoms with E-state index in [4.69, 9.17) is 14.6 Å². The van der Waals surface area contributed by atoms with E-state index < -0.39 is 30.0 Å². The van der Waals surface area contributed by atoms with Crippen molar-refractivity contribution >= 4 is 23.9 Å². The third kappa shape index (κ3) is 6.38. The summed E-state index contributed by atoms with van der Waals surface area (Å²) in [5, 5.41) is 11.6. The standard InChI is InChI=1S/C26H30N2O7/c1-3-28(15-24(31)34-4-2)25(32)22(13-14-23(29)30)27-26(33)35-16-21-19-11-7-5-9-17(19)18-10-6-8-12-20(18)21/h5-12,21-22H,3-4,13-16H2,1-2H3,(H,27,33)(H,29,30). The van der Waals surface area contributed by atoms with Crippen LogP contribution in [0.25, 0.3) is 11.1 Å². The fraction of sp³-hybridized carbons (Fsp3) is 0.385. The van der Waals surface area contributed by atoms with E-state index in [1.807, 2.05) is 48.5 Å². The molecule has 35 heavy (non-hydrogen) atoms. The second kappa shape index (κ2) is 12.0. The zero-order valence-corrected chi connectivity index (χ0v) is 19.9. The Morgan fingerprint density at radius 3 is 2.11 bits per heavy atom. The van der Waals surface area contributed by atoms with Crippen LogP contribution in [-0.4, -0.2) is 66.3 Å². The fourth-order valence-corrected chi connectivity index (χ4v) is 4.24. The second-order valence-electron chi connectivity index (χ2n) is 8.11. The first-order valence-electron chi connectivity index (χ1n) is 11.6. The van der Waals surface area contributed by atoms with Gasteiger partial charge in [0.05, 0.1) is 6.61 Å². The number of nitrogens with one attached hydrogen (secondary N) is 1. The number of carbonyl (C=O) groups excluding carboxylic acids is 3. The molecule has 0 aromatic heterocycles. The lowest BCUT2D eigenvalue weighted by Crippen LogP contribution is -2.50. The van der Waals surface area contributed by atoms with Gasteiger partial charge in [-0.1, -0.05) is 48.5 Å². The molecule has 0 saturated heterocycles. The zero-order valence-electron chi connectivity index (χ0n) is 19.9. The number of esters is 1. The molecule has 2 aromatic carbocycles. The van der Waals surface area contributed by atoms with Crippen molar-refractivity contribution in [3.63, 3.8) is 0 Å². The number of nitrogens with zero attached hydrogens (tertiary/aromatic N) is 1. The maximum absolute atomic E-state index is 13.0. The van der Waals surface area contributed by atoms with Crippen LogP contribution in [0.2, 0.25) is 0 Å². The number of carboxylic acid groups (broad SMARTS) is 1. The van der Waals surface area contributed by atoms with Crippen molar-refractivity contribution in [3.8, 4) is 11.1 Å². The molecule has 1 atom stereocenters. The number of alkyl carbamates (subject to hydrolysis) is 1. The van der Waals surface area contributed by atoms with Gasteiger partial charge < -0.3 is 24.8 Å². The second-order valence-corrected chi connectivity index (χ2v) is 8.11. The average molecular weight is 483 g/mol. The Balaban J connectivity index is 1.68. The topological polar surface area (TPSA) is 122 Å². The van der Waals surface area contributed by atoms with Crippen molar-refractivity contribution in [1.29, 1.82) is 0 Å². The van der Waals surface area contributed by atoms with Gasteiger partial charge in [0.1, 0.15) is 19.2 Å². The Morgan fingerprint density at radius 2 is 1.57 bits per heavy atom. The van der Waals surface area contributed by atoms with Crippen LogP contribution in [0.1, 0.15) is 43.7 Å². The minimum absolute atomic E-state index is 0.0556. The normalized spacial score (nSPS) is 12.7. The van der Waals surface area contributed by atoms with Crippen molar-refractivity contribution in [2.24, 2.45) is 0 Å². The van der Waals surface area contributed by atoms with Crippen molar-refractivity contribution in [3.05, 3.63) is 59.7 Å². The number of fused-ring (bicyclic) bond motifs is 3. The molecule has 1 aliphatic carbocycles. The van der Waals surface area contributed by atoms with E-state index in [-0.39, 0.29) is 45.1 Å². The lowest BCUT2D eigenvalue weighted by atomic mass is 9.98. The molecule has 0 bridgehead atoms. The van der Waals surface area contributed by atoms with E-state index in [9.17, 15) is 19.2 Å². The monoisotopic (exact) mass is 482 g/mol.